The molecule has 1 atom stereocenters. The third kappa shape index (κ3) is 4.54. The summed E-state index contributed by atoms with van der Waals surface area (Å²) >= 11 is 3.18. The van der Waals surface area contributed by atoms with E-state index in [0.29, 0.717) is 0 Å². The van der Waals surface area contributed by atoms with E-state index in [2.05, 4.69) is 16.3 Å². The minimum atomic E-state index is 0.0185. The maximum absolute atomic E-state index is 5.65. The zero-order chi connectivity index (χ0) is 11.9. The number of rotatable bonds is 6. The minimum Gasteiger partial charge on any atom is -0.353 e. The number of thioether (sulfide) groups is 1. The smallest absolute Gasteiger partial charge is 0.170 e. The van der Waals surface area contributed by atoms with Gasteiger partial charge in [-0.1, -0.05) is 18.7 Å². The van der Waals surface area contributed by atoms with Crippen molar-refractivity contribution in [2.45, 2.75) is 43.2 Å². The van der Waals surface area contributed by atoms with Crippen molar-refractivity contribution >= 4 is 23.3 Å². The lowest BCUT2D eigenvalue weighted by molar-refractivity contribution is -0.158. The van der Waals surface area contributed by atoms with E-state index in [1.54, 1.807) is 11.8 Å². The maximum Gasteiger partial charge on any atom is 0.170 e. The normalized spacial score (nSPS) is 20.6. The van der Waals surface area contributed by atoms with Crippen LogP contribution in [0.5, 0.6) is 0 Å². The molecule has 0 aliphatic carbocycles. The average Bonchev–Trinajstić information content (AvgIpc) is 2.84. The number of nitrogens with zero attached hydrogens (tertiary/aromatic N) is 2. The molecule has 17 heavy (non-hydrogen) atoms. The summed E-state index contributed by atoms with van der Waals surface area (Å²) in [4.78, 5) is 4.40. The molecule has 4 nitrogen and oxygen atoms in total. The fourth-order valence-corrected chi connectivity index (χ4v) is 3.19. The SMILES string of the molecule is CCc1nsc(SCCO[C@H]2CCCCO2)n1. The van der Waals surface area contributed by atoms with E-state index in [1.165, 1.54) is 24.4 Å². The van der Waals surface area contributed by atoms with Crippen molar-refractivity contribution in [1.29, 1.82) is 0 Å². The topological polar surface area (TPSA) is 44.2 Å². The van der Waals surface area contributed by atoms with Crippen molar-refractivity contribution in [3.63, 3.8) is 0 Å². The van der Waals surface area contributed by atoms with Gasteiger partial charge in [0, 0.05) is 18.8 Å². The lowest BCUT2D eigenvalue weighted by atomic mass is 10.2. The molecule has 0 amide bonds. The molecule has 2 heterocycles. The fraction of sp³-hybridized carbons (Fsp3) is 0.818. The van der Waals surface area contributed by atoms with Gasteiger partial charge in [-0.2, -0.15) is 4.37 Å². The molecule has 1 saturated heterocycles. The molecular weight excluding hydrogens is 256 g/mol. The molecule has 0 spiro atoms. The van der Waals surface area contributed by atoms with Crippen molar-refractivity contribution in [2.24, 2.45) is 0 Å². The summed E-state index contributed by atoms with van der Waals surface area (Å²) in [6.07, 6.45) is 4.34. The Hall–Kier alpha value is -0.170. The Kier molecular flexibility index (Phi) is 5.70. The third-order valence-electron chi connectivity index (χ3n) is 2.52. The number of aromatic nitrogens is 2. The van der Waals surface area contributed by atoms with Gasteiger partial charge in [-0.25, -0.2) is 4.98 Å². The second-order valence-electron chi connectivity index (χ2n) is 3.85. The fourth-order valence-electron chi connectivity index (χ4n) is 1.59. The first kappa shape index (κ1) is 13.3. The van der Waals surface area contributed by atoms with E-state index in [1.807, 2.05) is 0 Å². The standard InChI is InChI=1S/C11H18N2O2S2/c1-2-9-12-11(17-13-9)16-8-7-15-10-5-3-4-6-14-10/h10H,2-8H2,1H3/t10-/m0/s1. The summed E-state index contributed by atoms with van der Waals surface area (Å²) in [5.74, 6) is 1.85. The zero-order valence-corrected chi connectivity index (χ0v) is 11.7. The molecule has 0 saturated carbocycles. The number of aryl methyl sites for hydroxylation is 1. The van der Waals surface area contributed by atoms with Gasteiger partial charge >= 0.3 is 0 Å². The van der Waals surface area contributed by atoms with Crippen LogP contribution in [0.4, 0.5) is 0 Å². The van der Waals surface area contributed by atoms with Gasteiger partial charge < -0.3 is 9.47 Å². The predicted molar refractivity (Wildman–Crippen MR) is 69.6 cm³/mol. The number of hydrogen-bond acceptors (Lipinski definition) is 6. The number of hydrogen-bond donors (Lipinski definition) is 0. The zero-order valence-electron chi connectivity index (χ0n) is 10.1. The first-order chi connectivity index (χ1) is 8.38. The molecule has 0 unspecified atom stereocenters. The van der Waals surface area contributed by atoms with Gasteiger partial charge in [-0.15, -0.1) is 0 Å². The van der Waals surface area contributed by atoms with Gasteiger partial charge in [-0.3, -0.25) is 0 Å². The Morgan fingerprint density at radius 3 is 3.18 bits per heavy atom. The summed E-state index contributed by atoms with van der Waals surface area (Å²) in [7, 11) is 0. The van der Waals surface area contributed by atoms with Gasteiger partial charge in [0.25, 0.3) is 0 Å². The van der Waals surface area contributed by atoms with E-state index in [4.69, 9.17) is 9.47 Å². The van der Waals surface area contributed by atoms with E-state index in [0.717, 1.165) is 42.0 Å². The van der Waals surface area contributed by atoms with Crippen LogP contribution in [0.3, 0.4) is 0 Å². The van der Waals surface area contributed by atoms with E-state index in [9.17, 15) is 0 Å². The quantitative estimate of drug-likeness (QED) is 0.589. The van der Waals surface area contributed by atoms with Crippen LogP contribution >= 0.6 is 23.3 Å². The van der Waals surface area contributed by atoms with Crippen LogP contribution in [0.25, 0.3) is 0 Å². The predicted octanol–water partition coefficient (Wildman–Crippen LogP) is 2.74. The molecule has 0 N–H and O–H groups in total. The molecule has 1 fully saturated rings. The molecule has 1 aromatic rings. The molecular formula is C11H18N2O2S2. The highest BCUT2D eigenvalue weighted by molar-refractivity contribution is 8.00. The van der Waals surface area contributed by atoms with Crippen LogP contribution in [0.2, 0.25) is 0 Å². The van der Waals surface area contributed by atoms with Gasteiger partial charge in [0.2, 0.25) is 0 Å². The molecule has 1 aromatic heterocycles. The average molecular weight is 274 g/mol. The third-order valence-corrected chi connectivity index (χ3v) is 4.35. The van der Waals surface area contributed by atoms with Gasteiger partial charge in [-0.05, 0) is 30.8 Å². The highest BCUT2D eigenvalue weighted by Gasteiger charge is 2.13. The summed E-state index contributed by atoms with van der Waals surface area (Å²) in [5, 5.41) is 0. The summed E-state index contributed by atoms with van der Waals surface area (Å²) in [6, 6.07) is 0. The molecule has 1 aliphatic rings. The highest BCUT2D eigenvalue weighted by atomic mass is 32.2. The monoisotopic (exact) mass is 274 g/mol. The molecule has 6 heteroatoms. The van der Waals surface area contributed by atoms with E-state index < -0.39 is 0 Å². The molecule has 0 bridgehead atoms. The largest absolute Gasteiger partial charge is 0.353 e. The second-order valence-corrected chi connectivity index (χ2v) is 5.94. The summed E-state index contributed by atoms with van der Waals surface area (Å²) in [6.45, 7) is 3.63. The number of ether oxygens (including phenoxy) is 2. The Morgan fingerprint density at radius 2 is 2.47 bits per heavy atom. The van der Waals surface area contributed by atoms with Gasteiger partial charge in [0.1, 0.15) is 5.82 Å². The van der Waals surface area contributed by atoms with E-state index >= 15 is 0 Å². The summed E-state index contributed by atoms with van der Waals surface area (Å²) < 4.78 is 16.4. The first-order valence-electron chi connectivity index (χ1n) is 6.07. The summed E-state index contributed by atoms with van der Waals surface area (Å²) in [5.41, 5.74) is 0. The minimum absolute atomic E-state index is 0.0185. The van der Waals surface area contributed by atoms with Crippen molar-refractivity contribution in [3.05, 3.63) is 5.82 Å². The van der Waals surface area contributed by atoms with Crippen LogP contribution in [-0.4, -0.2) is 34.6 Å². The molecule has 0 radical (unpaired) electrons. The van der Waals surface area contributed by atoms with Gasteiger partial charge in [0.05, 0.1) is 6.61 Å². The van der Waals surface area contributed by atoms with Crippen LogP contribution in [-0.2, 0) is 15.9 Å². The van der Waals surface area contributed by atoms with Crippen LogP contribution in [0.1, 0.15) is 32.0 Å². The second kappa shape index (κ2) is 7.31. The Bertz CT molecular complexity index is 327. The maximum atomic E-state index is 5.65. The van der Waals surface area contributed by atoms with Crippen LogP contribution < -0.4 is 0 Å². The molecule has 0 aromatic carbocycles. The van der Waals surface area contributed by atoms with Gasteiger partial charge in [0.15, 0.2) is 10.6 Å². The lowest BCUT2D eigenvalue weighted by Gasteiger charge is -2.22. The lowest BCUT2D eigenvalue weighted by Crippen LogP contribution is -2.23. The first-order valence-corrected chi connectivity index (χ1v) is 7.83. The molecule has 1 aliphatic heterocycles. The van der Waals surface area contributed by atoms with E-state index in [-0.39, 0.29) is 6.29 Å². The molecule has 96 valence electrons. The van der Waals surface area contributed by atoms with Crippen molar-refractivity contribution in [1.82, 2.24) is 9.36 Å². The van der Waals surface area contributed by atoms with Crippen LogP contribution in [0, 0.1) is 0 Å². The Balaban J connectivity index is 1.59. The molecule has 2 rings (SSSR count). The van der Waals surface area contributed by atoms with Crippen molar-refractivity contribution in [2.75, 3.05) is 19.0 Å². The van der Waals surface area contributed by atoms with Crippen molar-refractivity contribution < 1.29 is 9.47 Å². The Labute approximate surface area is 110 Å². The van der Waals surface area contributed by atoms with Crippen LogP contribution in [0.15, 0.2) is 4.34 Å². The van der Waals surface area contributed by atoms with Crippen molar-refractivity contribution in [3.8, 4) is 0 Å². The Morgan fingerprint density at radius 1 is 1.53 bits per heavy atom. The highest BCUT2D eigenvalue weighted by Crippen LogP contribution is 2.20.